The maximum absolute atomic E-state index is 5.58. The lowest BCUT2D eigenvalue weighted by molar-refractivity contribution is 0.394. The average Bonchev–Trinajstić information content (AvgIpc) is 2.93. The molecule has 6 nitrogen and oxygen atoms in total. The van der Waals surface area contributed by atoms with E-state index >= 15 is 0 Å². The maximum Gasteiger partial charge on any atom is 0.144 e. The second-order valence-electron chi connectivity index (χ2n) is 6.74. The molecule has 0 fully saturated rings. The van der Waals surface area contributed by atoms with Crippen molar-refractivity contribution in [3.63, 3.8) is 0 Å². The number of aromatic nitrogens is 2. The van der Waals surface area contributed by atoms with Gasteiger partial charge in [-0.2, -0.15) is 5.10 Å². The lowest BCUT2D eigenvalue weighted by Gasteiger charge is -2.12. The molecule has 2 aromatic carbocycles. The molecule has 0 atom stereocenters. The molecule has 28 heavy (non-hydrogen) atoms. The molecule has 1 N–H and O–H groups in total. The molecule has 0 spiro atoms. The van der Waals surface area contributed by atoms with Gasteiger partial charge in [0.15, 0.2) is 0 Å². The summed E-state index contributed by atoms with van der Waals surface area (Å²) in [4.78, 5) is 0. The molecule has 0 aliphatic carbocycles. The van der Waals surface area contributed by atoms with Crippen LogP contribution in [0.2, 0.25) is 0 Å². The summed E-state index contributed by atoms with van der Waals surface area (Å²) in [6, 6.07) is 13.8. The number of fused-ring (bicyclic) bond motifs is 1. The first-order valence-corrected chi connectivity index (χ1v) is 9.47. The average molecular weight is 379 g/mol. The third-order valence-corrected chi connectivity index (χ3v) is 5.07. The highest BCUT2D eigenvalue weighted by atomic mass is 16.5. The highest BCUT2D eigenvalue weighted by Gasteiger charge is 2.23. The summed E-state index contributed by atoms with van der Waals surface area (Å²) < 4.78 is 18.5. The van der Waals surface area contributed by atoms with Crippen LogP contribution in [0.25, 0.3) is 16.9 Å². The third kappa shape index (κ3) is 3.26. The molecule has 0 saturated heterocycles. The van der Waals surface area contributed by atoms with E-state index in [2.05, 4.69) is 5.32 Å². The second kappa shape index (κ2) is 7.84. The monoisotopic (exact) mass is 379 g/mol. The molecule has 0 unspecified atom stereocenters. The molecule has 3 aromatic rings. The molecule has 1 aliphatic heterocycles. The van der Waals surface area contributed by atoms with Crippen molar-refractivity contribution in [1.82, 2.24) is 9.78 Å². The van der Waals surface area contributed by atoms with Gasteiger partial charge >= 0.3 is 0 Å². The molecule has 0 radical (unpaired) electrons. The Hall–Kier alpha value is -3.15. The first-order valence-electron chi connectivity index (χ1n) is 9.47. The number of rotatable bonds is 5. The SMILES string of the molecule is COc1cc(OC)cc(-c2nn(-c3ccccc3OC)c3c2CCCCN3)c1. The van der Waals surface area contributed by atoms with Crippen molar-refractivity contribution in [3.8, 4) is 34.2 Å². The van der Waals surface area contributed by atoms with Gasteiger partial charge in [-0.15, -0.1) is 0 Å². The summed E-state index contributed by atoms with van der Waals surface area (Å²) in [5, 5.41) is 8.57. The van der Waals surface area contributed by atoms with Gasteiger partial charge in [0.2, 0.25) is 0 Å². The van der Waals surface area contributed by atoms with Crippen LogP contribution in [0.5, 0.6) is 17.2 Å². The molecule has 6 heteroatoms. The molecule has 2 heterocycles. The van der Waals surface area contributed by atoms with E-state index in [-0.39, 0.29) is 0 Å². The van der Waals surface area contributed by atoms with Crippen LogP contribution in [0.15, 0.2) is 42.5 Å². The fourth-order valence-corrected chi connectivity index (χ4v) is 3.66. The van der Waals surface area contributed by atoms with Crippen LogP contribution in [0, 0.1) is 0 Å². The summed E-state index contributed by atoms with van der Waals surface area (Å²) in [7, 11) is 5.00. The van der Waals surface area contributed by atoms with Crippen molar-refractivity contribution < 1.29 is 14.2 Å². The predicted octanol–water partition coefficient (Wildman–Crippen LogP) is 4.31. The van der Waals surface area contributed by atoms with Crippen LogP contribution in [0.1, 0.15) is 18.4 Å². The Balaban J connectivity index is 1.93. The van der Waals surface area contributed by atoms with Crippen molar-refractivity contribution in [2.75, 3.05) is 33.2 Å². The van der Waals surface area contributed by atoms with Crippen molar-refractivity contribution >= 4 is 5.82 Å². The van der Waals surface area contributed by atoms with E-state index in [4.69, 9.17) is 19.3 Å². The van der Waals surface area contributed by atoms with Gasteiger partial charge in [0.1, 0.15) is 28.8 Å². The minimum Gasteiger partial charge on any atom is -0.497 e. The highest BCUT2D eigenvalue weighted by Crippen LogP contribution is 2.38. The van der Waals surface area contributed by atoms with E-state index in [0.717, 1.165) is 65.8 Å². The van der Waals surface area contributed by atoms with Gasteiger partial charge in [-0.05, 0) is 43.5 Å². The lowest BCUT2D eigenvalue weighted by atomic mass is 10.0. The van der Waals surface area contributed by atoms with Crippen LogP contribution in [0.3, 0.4) is 0 Å². The first kappa shape index (κ1) is 18.2. The Morgan fingerprint density at radius 1 is 0.929 bits per heavy atom. The van der Waals surface area contributed by atoms with E-state index in [1.165, 1.54) is 5.56 Å². The largest absolute Gasteiger partial charge is 0.497 e. The summed E-state index contributed by atoms with van der Waals surface area (Å²) in [6.07, 6.45) is 3.21. The topological polar surface area (TPSA) is 57.5 Å². The fourth-order valence-electron chi connectivity index (χ4n) is 3.66. The van der Waals surface area contributed by atoms with E-state index in [1.807, 2.05) is 47.1 Å². The quantitative estimate of drug-likeness (QED) is 0.716. The molecule has 1 aromatic heterocycles. The predicted molar refractivity (Wildman–Crippen MR) is 110 cm³/mol. The van der Waals surface area contributed by atoms with Gasteiger partial charge in [-0.25, -0.2) is 4.68 Å². The second-order valence-corrected chi connectivity index (χ2v) is 6.74. The first-order chi connectivity index (χ1) is 13.7. The van der Waals surface area contributed by atoms with Crippen molar-refractivity contribution in [2.24, 2.45) is 0 Å². The van der Waals surface area contributed by atoms with Crippen LogP contribution in [-0.2, 0) is 6.42 Å². The zero-order valence-electron chi connectivity index (χ0n) is 16.5. The van der Waals surface area contributed by atoms with E-state index in [1.54, 1.807) is 21.3 Å². The molecule has 1 aliphatic rings. The van der Waals surface area contributed by atoms with E-state index in [0.29, 0.717) is 0 Å². The third-order valence-electron chi connectivity index (χ3n) is 5.07. The van der Waals surface area contributed by atoms with E-state index < -0.39 is 0 Å². The minimum atomic E-state index is 0.747. The van der Waals surface area contributed by atoms with Crippen molar-refractivity contribution in [1.29, 1.82) is 0 Å². The number of nitrogens with zero attached hydrogens (tertiary/aromatic N) is 2. The Bertz CT molecular complexity index is 959. The van der Waals surface area contributed by atoms with Crippen LogP contribution >= 0.6 is 0 Å². The number of nitrogens with one attached hydrogen (secondary N) is 1. The molecule has 0 bridgehead atoms. The molecular weight excluding hydrogens is 354 g/mol. The van der Waals surface area contributed by atoms with Crippen LogP contribution in [-0.4, -0.2) is 37.7 Å². The molecule has 4 rings (SSSR count). The minimum absolute atomic E-state index is 0.747. The van der Waals surface area contributed by atoms with Gasteiger partial charge in [-0.1, -0.05) is 12.1 Å². The smallest absolute Gasteiger partial charge is 0.144 e. The fraction of sp³-hybridized carbons (Fsp3) is 0.318. The van der Waals surface area contributed by atoms with Gasteiger partial charge in [0.05, 0.1) is 27.0 Å². The normalized spacial score (nSPS) is 13.2. The molecular formula is C22H25N3O3. The number of ether oxygens (including phenoxy) is 3. The number of hydrogen-bond donors (Lipinski definition) is 1. The summed E-state index contributed by atoms with van der Waals surface area (Å²) in [5.74, 6) is 3.31. The van der Waals surface area contributed by atoms with Gasteiger partial charge in [-0.3, -0.25) is 0 Å². The highest BCUT2D eigenvalue weighted by molar-refractivity contribution is 5.74. The summed E-state index contributed by atoms with van der Waals surface area (Å²) >= 11 is 0. The van der Waals surface area contributed by atoms with Crippen molar-refractivity contribution in [2.45, 2.75) is 19.3 Å². The number of benzene rings is 2. The number of hydrogen-bond acceptors (Lipinski definition) is 5. The molecule has 146 valence electrons. The van der Waals surface area contributed by atoms with Gasteiger partial charge in [0, 0.05) is 23.7 Å². The summed E-state index contributed by atoms with van der Waals surface area (Å²) in [6.45, 7) is 0.925. The van der Waals surface area contributed by atoms with Crippen LogP contribution < -0.4 is 19.5 Å². The van der Waals surface area contributed by atoms with Gasteiger partial charge in [0.25, 0.3) is 0 Å². The zero-order valence-corrected chi connectivity index (χ0v) is 16.5. The number of para-hydroxylation sites is 2. The van der Waals surface area contributed by atoms with Gasteiger partial charge < -0.3 is 19.5 Å². The Kier molecular flexibility index (Phi) is 5.10. The standard InChI is InChI=1S/C22H25N3O3/c1-26-16-12-15(13-17(14-16)27-2)21-18-8-6-7-11-23-22(18)25(24-21)19-9-4-5-10-20(19)28-3/h4-5,9-10,12-14,23H,6-8,11H2,1-3H3. The molecule has 0 saturated carbocycles. The number of methoxy groups -OCH3 is 3. The van der Waals surface area contributed by atoms with Crippen molar-refractivity contribution in [3.05, 3.63) is 48.0 Å². The van der Waals surface area contributed by atoms with E-state index in [9.17, 15) is 0 Å². The number of anilines is 1. The summed E-state index contributed by atoms with van der Waals surface area (Å²) in [5.41, 5.74) is 4.03. The maximum atomic E-state index is 5.58. The molecule has 0 amide bonds. The Morgan fingerprint density at radius 3 is 2.39 bits per heavy atom. The Labute approximate surface area is 165 Å². The van der Waals surface area contributed by atoms with Crippen LogP contribution in [0.4, 0.5) is 5.82 Å². The Morgan fingerprint density at radius 2 is 1.68 bits per heavy atom. The zero-order chi connectivity index (χ0) is 19.5. The lowest BCUT2D eigenvalue weighted by Crippen LogP contribution is -2.08.